The van der Waals surface area contributed by atoms with Crippen LogP contribution in [0.25, 0.3) is 11.0 Å². The Morgan fingerprint density at radius 1 is 0.905 bits per heavy atom. The lowest BCUT2D eigenvalue weighted by Crippen LogP contribution is -2.44. The Kier molecular flexibility index (Phi) is 8.59. The SMILES string of the molecule is Cc1ccc(S(=O)(=O)N[C@@H](Cc2ccccc2)C(=O)Oc2cc3oc(=O)c(Cc4ccccc4)c(C)c3cc2Cl)cc1. The van der Waals surface area contributed by atoms with Gasteiger partial charge in [0.25, 0.3) is 0 Å². The van der Waals surface area contributed by atoms with E-state index in [1.54, 1.807) is 42.5 Å². The summed E-state index contributed by atoms with van der Waals surface area (Å²) in [4.78, 5) is 26.4. The average Bonchev–Trinajstić information content (AvgIpc) is 2.97. The smallest absolute Gasteiger partial charge is 0.340 e. The van der Waals surface area contributed by atoms with Crippen LogP contribution in [0.3, 0.4) is 0 Å². The summed E-state index contributed by atoms with van der Waals surface area (Å²) < 4.78 is 40.1. The molecule has 5 aromatic rings. The van der Waals surface area contributed by atoms with Crippen LogP contribution in [-0.4, -0.2) is 20.4 Å². The second-order valence-electron chi connectivity index (χ2n) is 10.0. The van der Waals surface area contributed by atoms with Crippen LogP contribution in [0, 0.1) is 13.8 Å². The lowest BCUT2D eigenvalue weighted by molar-refractivity contribution is -0.136. The fourth-order valence-electron chi connectivity index (χ4n) is 4.65. The minimum Gasteiger partial charge on any atom is -0.424 e. The minimum absolute atomic E-state index is 0.0197. The van der Waals surface area contributed by atoms with Gasteiger partial charge in [-0.05, 0) is 55.2 Å². The molecule has 7 nitrogen and oxygen atoms in total. The van der Waals surface area contributed by atoms with Gasteiger partial charge in [0, 0.05) is 23.4 Å². The van der Waals surface area contributed by atoms with Gasteiger partial charge in [0.2, 0.25) is 10.0 Å². The summed E-state index contributed by atoms with van der Waals surface area (Å²) in [5.74, 6) is -0.921. The maximum absolute atomic E-state index is 13.5. The third kappa shape index (κ3) is 6.62. The van der Waals surface area contributed by atoms with Crippen LogP contribution in [0.5, 0.6) is 5.75 Å². The maximum atomic E-state index is 13.5. The Morgan fingerprint density at radius 3 is 2.17 bits per heavy atom. The molecule has 5 rings (SSSR count). The van der Waals surface area contributed by atoms with E-state index in [0.29, 0.717) is 22.9 Å². The molecule has 214 valence electrons. The Hall–Kier alpha value is -4.24. The second kappa shape index (κ2) is 12.3. The van der Waals surface area contributed by atoms with Crippen LogP contribution in [-0.2, 0) is 27.7 Å². The van der Waals surface area contributed by atoms with Crippen molar-refractivity contribution in [1.29, 1.82) is 0 Å². The van der Waals surface area contributed by atoms with E-state index in [4.69, 9.17) is 20.8 Å². The number of ether oxygens (including phenoxy) is 1. The predicted octanol–water partition coefficient (Wildman–Crippen LogP) is 6.15. The van der Waals surface area contributed by atoms with Gasteiger partial charge in [-0.2, -0.15) is 4.72 Å². The maximum Gasteiger partial charge on any atom is 0.340 e. The molecule has 42 heavy (non-hydrogen) atoms. The van der Waals surface area contributed by atoms with Crippen molar-refractivity contribution in [3.05, 3.63) is 140 Å². The van der Waals surface area contributed by atoms with E-state index in [-0.39, 0.29) is 27.7 Å². The van der Waals surface area contributed by atoms with Gasteiger partial charge in [-0.25, -0.2) is 18.0 Å². The summed E-state index contributed by atoms with van der Waals surface area (Å²) >= 11 is 6.54. The van der Waals surface area contributed by atoms with Crippen molar-refractivity contribution in [3.63, 3.8) is 0 Å². The number of benzene rings is 4. The summed E-state index contributed by atoms with van der Waals surface area (Å²) in [6, 6.07) is 26.5. The third-order valence-corrected chi connectivity index (χ3v) is 8.75. The Morgan fingerprint density at radius 2 is 1.52 bits per heavy atom. The lowest BCUT2D eigenvalue weighted by atomic mass is 9.99. The fraction of sp³-hybridized carbons (Fsp3) is 0.152. The Balaban J connectivity index is 1.45. The molecule has 1 heterocycles. The first-order valence-corrected chi connectivity index (χ1v) is 15.1. The van der Waals surface area contributed by atoms with Crippen LogP contribution in [0.15, 0.2) is 111 Å². The summed E-state index contributed by atoms with van der Waals surface area (Å²) in [6.45, 7) is 3.66. The normalized spacial score (nSPS) is 12.3. The number of carbonyl (C=O) groups excluding carboxylic acids is 1. The van der Waals surface area contributed by atoms with Crippen LogP contribution < -0.4 is 15.1 Å². The predicted molar refractivity (Wildman–Crippen MR) is 163 cm³/mol. The van der Waals surface area contributed by atoms with E-state index in [9.17, 15) is 18.0 Å². The molecule has 1 atom stereocenters. The molecule has 0 saturated carbocycles. The standard InChI is InChI=1S/C33H28ClNO6S/c1-21-13-15-25(16-14-21)42(38,39)35-29(18-24-11-7-4-8-12-24)33(37)41-31-20-30-26(19-28(31)34)22(2)27(32(36)40-30)17-23-9-5-3-6-10-23/h3-16,19-20,29,35H,17-18H2,1-2H3/t29-/m0/s1. The van der Waals surface area contributed by atoms with Gasteiger partial charge in [-0.3, -0.25) is 0 Å². The molecule has 0 fully saturated rings. The minimum atomic E-state index is -4.06. The molecule has 0 aliphatic rings. The molecule has 0 bridgehead atoms. The summed E-state index contributed by atoms with van der Waals surface area (Å²) in [5.41, 5.74) is 3.48. The van der Waals surface area contributed by atoms with Gasteiger partial charge >= 0.3 is 11.6 Å². The number of sulfonamides is 1. The third-order valence-electron chi connectivity index (χ3n) is 6.97. The molecule has 0 spiro atoms. The first-order chi connectivity index (χ1) is 20.1. The summed E-state index contributed by atoms with van der Waals surface area (Å²) in [7, 11) is -4.06. The number of nitrogens with one attached hydrogen (secondary N) is 1. The lowest BCUT2D eigenvalue weighted by Gasteiger charge is -2.19. The van der Waals surface area contributed by atoms with Gasteiger partial charge in [-0.1, -0.05) is 90.0 Å². The zero-order chi connectivity index (χ0) is 29.9. The van der Waals surface area contributed by atoms with E-state index in [1.807, 2.05) is 50.2 Å². The molecule has 0 aliphatic heterocycles. The number of esters is 1. The second-order valence-corrected chi connectivity index (χ2v) is 12.2. The van der Waals surface area contributed by atoms with Crippen LogP contribution in [0.1, 0.15) is 27.8 Å². The highest BCUT2D eigenvalue weighted by Crippen LogP contribution is 2.33. The first kappa shape index (κ1) is 29.3. The topological polar surface area (TPSA) is 103 Å². The molecular weight excluding hydrogens is 574 g/mol. The number of hydrogen-bond donors (Lipinski definition) is 1. The number of carbonyl (C=O) groups is 1. The van der Waals surface area contributed by atoms with Gasteiger partial charge < -0.3 is 9.15 Å². The Bertz CT molecular complexity index is 1900. The van der Waals surface area contributed by atoms with Gasteiger partial charge in [0.1, 0.15) is 11.6 Å². The number of fused-ring (bicyclic) bond motifs is 1. The summed E-state index contributed by atoms with van der Waals surface area (Å²) in [5, 5.41) is 0.713. The fourth-order valence-corrected chi connectivity index (χ4v) is 6.03. The quantitative estimate of drug-likeness (QED) is 0.123. The van der Waals surface area contributed by atoms with E-state index in [1.165, 1.54) is 18.2 Å². The average molecular weight is 602 g/mol. The molecule has 0 aliphatic carbocycles. The van der Waals surface area contributed by atoms with Gasteiger partial charge in [-0.15, -0.1) is 0 Å². The number of rotatable bonds is 9. The molecular formula is C33H28ClNO6S. The molecule has 4 aromatic carbocycles. The largest absolute Gasteiger partial charge is 0.424 e. The number of aryl methyl sites for hydroxylation is 2. The zero-order valence-electron chi connectivity index (χ0n) is 23.0. The monoisotopic (exact) mass is 601 g/mol. The van der Waals surface area contributed by atoms with E-state index < -0.39 is 27.7 Å². The van der Waals surface area contributed by atoms with Crippen molar-refractivity contribution < 1.29 is 22.4 Å². The number of hydrogen-bond acceptors (Lipinski definition) is 6. The van der Waals surface area contributed by atoms with Crippen LogP contribution >= 0.6 is 11.6 Å². The highest BCUT2D eigenvalue weighted by molar-refractivity contribution is 7.89. The highest BCUT2D eigenvalue weighted by Gasteiger charge is 2.29. The van der Waals surface area contributed by atoms with Crippen LogP contribution in [0.2, 0.25) is 5.02 Å². The van der Waals surface area contributed by atoms with Crippen molar-refractivity contribution in [2.75, 3.05) is 0 Å². The highest BCUT2D eigenvalue weighted by atomic mass is 35.5. The van der Waals surface area contributed by atoms with E-state index in [2.05, 4.69) is 4.72 Å². The van der Waals surface area contributed by atoms with Crippen molar-refractivity contribution in [3.8, 4) is 5.75 Å². The molecule has 0 radical (unpaired) electrons. The van der Waals surface area contributed by atoms with E-state index in [0.717, 1.165) is 16.7 Å². The Labute approximate surface area is 248 Å². The first-order valence-electron chi connectivity index (χ1n) is 13.2. The van der Waals surface area contributed by atoms with Crippen LogP contribution in [0.4, 0.5) is 0 Å². The van der Waals surface area contributed by atoms with Crippen molar-refractivity contribution in [2.45, 2.75) is 37.6 Å². The van der Waals surface area contributed by atoms with E-state index >= 15 is 0 Å². The van der Waals surface area contributed by atoms with Crippen molar-refractivity contribution in [2.24, 2.45) is 0 Å². The molecule has 0 saturated heterocycles. The molecule has 1 N–H and O–H groups in total. The molecule has 0 amide bonds. The van der Waals surface area contributed by atoms with Crippen molar-refractivity contribution in [1.82, 2.24) is 4.72 Å². The van der Waals surface area contributed by atoms with Crippen molar-refractivity contribution >= 4 is 38.6 Å². The molecule has 0 unspecified atom stereocenters. The molecule has 1 aromatic heterocycles. The molecule has 9 heteroatoms. The van der Waals surface area contributed by atoms with Gasteiger partial charge in [0.05, 0.1) is 9.92 Å². The summed E-state index contributed by atoms with van der Waals surface area (Å²) in [6.07, 6.45) is 0.425. The zero-order valence-corrected chi connectivity index (χ0v) is 24.5. The van der Waals surface area contributed by atoms with Gasteiger partial charge in [0.15, 0.2) is 5.75 Å². The number of halogens is 1.